The summed E-state index contributed by atoms with van der Waals surface area (Å²) in [5.74, 6) is 1.38. The van der Waals surface area contributed by atoms with Gasteiger partial charge in [0.05, 0.1) is 0 Å². The average Bonchev–Trinajstić information content (AvgIpc) is 3.29. The van der Waals surface area contributed by atoms with E-state index in [2.05, 4.69) is 49.7 Å². The minimum absolute atomic E-state index is 0.0443. The van der Waals surface area contributed by atoms with Crippen molar-refractivity contribution in [1.82, 2.24) is 30.6 Å². The number of aryl methyl sites for hydroxylation is 1. The fourth-order valence-corrected chi connectivity index (χ4v) is 2.24. The monoisotopic (exact) mass is 326 g/mol. The lowest BCUT2D eigenvalue weighted by Crippen LogP contribution is -2.27. The number of aromatic nitrogens is 5. The van der Waals surface area contributed by atoms with E-state index in [1.165, 1.54) is 11.9 Å². The lowest BCUT2D eigenvalue weighted by molar-refractivity contribution is -0.121. The van der Waals surface area contributed by atoms with E-state index in [1.54, 1.807) is 0 Å². The second-order valence-electron chi connectivity index (χ2n) is 5.46. The van der Waals surface area contributed by atoms with Crippen molar-refractivity contribution in [3.8, 4) is 11.6 Å². The largest absolute Gasteiger partial charge is 0.355 e. The van der Waals surface area contributed by atoms with Gasteiger partial charge in [0.25, 0.3) is 0 Å². The number of hydrogen-bond acceptors (Lipinski definition) is 6. The summed E-state index contributed by atoms with van der Waals surface area (Å²) >= 11 is 0. The lowest BCUT2D eigenvalue weighted by Gasteiger charge is -2.12. The van der Waals surface area contributed by atoms with Crippen LogP contribution in [-0.4, -0.2) is 37.8 Å². The van der Waals surface area contributed by atoms with Crippen molar-refractivity contribution < 1.29 is 9.32 Å². The SMILES string of the molecule is CC(CNC(=O)CCc1nc(-c2ncn[nH]2)no1)c1ccccc1. The first kappa shape index (κ1) is 15.9. The molecule has 1 atom stereocenters. The Balaban J connectivity index is 1.44. The van der Waals surface area contributed by atoms with E-state index < -0.39 is 0 Å². The molecule has 0 aliphatic heterocycles. The summed E-state index contributed by atoms with van der Waals surface area (Å²) in [6.07, 6.45) is 2.04. The van der Waals surface area contributed by atoms with E-state index in [0.717, 1.165) is 0 Å². The van der Waals surface area contributed by atoms with Gasteiger partial charge in [0.1, 0.15) is 6.33 Å². The van der Waals surface area contributed by atoms with Crippen LogP contribution < -0.4 is 5.32 Å². The highest BCUT2D eigenvalue weighted by Crippen LogP contribution is 2.13. The third-order valence-electron chi connectivity index (χ3n) is 3.63. The van der Waals surface area contributed by atoms with Gasteiger partial charge in [-0.15, -0.1) is 0 Å². The average molecular weight is 326 g/mol. The zero-order valence-electron chi connectivity index (χ0n) is 13.3. The molecule has 0 radical (unpaired) electrons. The van der Waals surface area contributed by atoms with E-state index in [9.17, 15) is 4.79 Å². The molecule has 0 saturated carbocycles. The van der Waals surface area contributed by atoms with Crippen LogP contribution in [0.15, 0.2) is 41.2 Å². The highest BCUT2D eigenvalue weighted by molar-refractivity contribution is 5.76. The van der Waals surface area contributed by atoms with Crippen LogP contribution in [0.2, 0.25) is 0 Å². The molecule has 3 aromatic rings. The maximum Gasteiger partial charge on any atom is 0.239 e. The molecular formula is C16H18N6O2. The highest BCUT2D eigenvalue weighted by atomic mass is 16.5. The molecule has 8 heteroatoms. The summed E-state index contributed by atoms with van der Waals surface area (Å²) < 4.78 is 5.10. The third-order valence-corrected chi connectivity index (χ3v) is 3.63. The van der Waals surface area contributed by atoms with Crippen molar-refractivity contribution in [1.29, 1.82) is 0 Å². The smallest absolute Gasteiger partial charge is 0.239 e. The Morgan fingerprint density at radius 3 is 2.92 bits per heavy atom. The first-order chi connectivity index (χ1) is 11.7. The number of nitrogens with one attached hydrogen (secondary N) is 2. The molecule has 0 aliphatic carbocycles. The summed E-state index contributed by atoms with van der Waals surface area (Å²) in [6.45, 7) is 2.67. The Morgan fingerprint density at radius 2 is 2.17 bits per heavy atom. The van der Waals surface area contributed by atoms with Crippen LogP contribution in [0.3, 0.4) is 0 Å². The first-order valence-electron chi connectivity index (χ1n) is 7.72. The summed E-state index contributed by atoms with van der Waals surface area (Å²) in [5.41, 5.74) is 1.20. The summed E-state index contributed by atoms with van der Waals surface area (Å²) in [5, 5.41) is 13.1. The van der Waals surface area contributed by atoms with Gasteiger partial charge >= 0.3 is 0 Å². The van der Waals surface area contributed by atoms with Gasteiger partial charge < -0.3 is 9.84 Å². The van der Waals surface area contributed by atoms with E-state index in [0.29, 0.717) is 36.9 Å². The fourth-order valence-electron chi connectivity index (χ4n) is 2.24. The molecule has 2 heterocycles. The maximum atomic E-state index is 12.0. The van der Waals surface area contributed by atoms with E-state index in [4.69, 9.17) is 4.52 Å². The second-order valence-corrected chi connectivity index (χ2v) is 5.46. The Bertz CT molecular complexity index is 769. The standard InChI is InChI=1S/C16H18N6O2/c1-11(12-5-3-2-4-6-12)9-17-13(23)7-8-14-20-16(22-24-14)15-18-10-19-21-15/h2-6,10-11H,7-9H2,1H3,(H,17,23)(H,18,19,21). The van der Waals surface area contributed by atoms with Crippen LogP contribution in [-0.2, 0) is 11.2 Å². The van der Waals surface area contributed by atoms with Gasteiger partial charge in [0, 0.05) is 19.4 Å². The fraction of sp³-hybridized carbons (Fsp3) is 0.312. The minimum Gasteiger partial charge on any atom is -0.355 e. The van der Waals surface area contributed by atoms with Crippen molar-refractivity contribution in [2.75, 3.05) is 6.54 Å². The highest BCUT2D eigenvalue weighted by Gasteiger charge is 2.13. The number of H-pyrrole nitrogens is 1. The summed E-state index contributed by atoms with van der Waals surface area (Å²) in [6, 6.07) is 10.1. The van der Waals surface area contributed by atoms with Crippen molar-refractivity contribution in [2.45, 2.75) is 25.7 Å². The molecule has 0 spiro atoms. The summed E-state index contributed by atoms with van der Waals surface area (Å²) in [7, 11) is 0. The number of carbonyl (C=O) groups excluding carboxylic acids is 1. The molecule has 0 saturated heterocycles. The number of aromatic amines is 1. The van der Waals surface area contributed by atoms with Gasteiger partial charge in [-0.3, -0.25) is 9.89 Å². The van der Waals surface area contributed by atoms with E-state index in [1.807, 2.05) is 18.2 Å². The molecule has 124 valence electrons. The van der Waals surface area contributed by atoms with Crippen molar-refractivity contribution in [2.24, 2.45) is 0 Å². The number of amides is 1. The van der Waals surface area contributed by atoms with Crippen molar-refractivity contribution >= 4 is 5.91 Å². The van der Waals surface area contributed by atoms with Crippen LogP contribution in [0.1, 0.15) is 30.7 Å². The predicted molar refractivity (Wildman–Crippen MR) is 85.9 cm³/mol. The quantitative estimate of drug-likeness (QED) is 0.684. The van der Waals surface area contributed by atoms with Gasteiger partial charge in [-0.05, 0) is 11.5 Å². The van der Waals surface area contributed by atoms with Crippen LogP contribution >= 0.6 is 0 Å². The van der Waals surface area contributed by atoms with E-state index in [-0.39, 0.29) is 11.8 Å². The number of hydrogen-bond donors (Lipinski definition) is 2. The number of benzene rings is 1. The van der Waals surface area contributed by atoms with E-state index >= 15 is 0 Å². The normalized spacial score (nSPS) is 12.0. The number of carbonyl (C=O) groups is 1. The van der Waals surface area contributed by atoms with Gasteiger partial charge in [-0.2, -0.15) is 10.1 Å². The van der Waals surface area contributed by atoms with Gasteiger partial charge in [0.2, 0.25) is 17.6 Å². The molecule has 8 nitrogen and oxygen atoms in total. The molecule has 2 N–H and O–H groups in total. The third kappa shape index (κ3) is 4.03. The van der Waals surface area contributed by atoms with Gasteiger partial charge in [0.15, 0.2) is 5.82 Å². The van der Waals surface area contributed by atoms with Gasteiger partial charge in [-0.1, -0.05) is 42.4 Å². The molecule has 0 aliphatic rings. The minimum atomic E-state index is -0.0443. The van der Waals surface area contributed by atoms with Crippen LogP contribution in [0, 0.1) is 0 Å². The zero-order valence-corrected chi connectivity index (χ0v) is 13.3. The number of rotatable bonds is 7. The van der Waals surface area contributed by atoms with Crippen molar-refractivity contribution in [3.05, 3.63) is 48.1 Å². The van der Waals surface area contributed by atoms with Crippen LogP contribution in [0.4, 0.5) is 0 Å². The first-order valence-corrected chi connectivity index (χ1v) is 7.72. The topological polar surface area (TPSA) is 110 Å². The number of nitrogens with zero attached hydrogens (tertiary/aromatic N) is 4. The Kier molecular flexibility index (Phi) is 4.95. The second kappa shape index (κ2) is 7.49. The molecule has 2 aromatic heterocycles. The van der Waals surface area contributed by atoms with Crippen LogP contribution in [0.25, 0.3) is 11.6 Å². The zero-order chi connectivity index (χ0) is 16.8. The molecule has 0 bridgehead atoms. The predicted octanol–water partition coefficient (Wildman–Crippen LogP) is 1.71. The lowest BCUT2D eigenvalue weighted by atomic mass is 10.0. The molecule has 1 aromatic carbocycles. The molecule has 1 unspecified atom stereocenters. The summed E-state index contributed by atoms with van der Waals surface area (Å²) in [4.78, 5) is 20.1. The maximum absolute atomic E-state index is 12.0. The molecular weight excluding hydrogens is 308 g/mol. The molecule has 3 rings (SSSR count). The Labute approximate surface area is 138 Å². The molecule has 1 amide bonds. The van der Waals surface area contributed by atoms with Gasteiger partial charge in [-0.25, -0.2) is 4.98 Å². The molecule has 24 heavy (non-hydrogen) atoms. The Morgan fingerprint density at radius 1 is 1.33 bits per heavy atom. The van der Waals surface area contributed by atoms with Crippen LogP contribution in [0.5, 0.6) is 0 Å². The molecule has 0 fully saturated rings. The van der Waals surface area contributed by atoms with Crippen molar-refractivity contribution in [3.63, 3.8) is 0 Å². The Hall–Kier alpha value is -3.03.